The van der Waals surface area contributed by atoms with Crippen molar-refractivity contribution in [3.05, 3.63) is 17.6 Å². The van der Waals surface area contributed by atoms with E-state index in [9.17, 15) is 4.79 Å². The van der Waals surface area contributed by atoms with Crippen LogP contribution < -0.4 is 4.90 Å². The number of carbonyl (C=O) groups excluding carboxylic acids is 1. The number of nitrogens with zero attached hydrogens (tertiary/aromatic N) is 3. The number of hydrogen-bond acceptors (Lipinski definition) is 5. The summed E-state index contributed by atoms with van der Waals surface area (Å²) in [4.78, 5) is 22.0. The molecule has 1 heterocycles. The Balaban J connectivity index is 2.13. The van der Waals surface area contributed by atoms with Crippen LogP contribution in [0.25, 0.3) is 0 Å². The van der Waals surface area contributed by atoms with E-state index >= 15 is 0 Å². The van der Waals surface area contributed by atoms with Crippen LogP contribution in [0.4, 0.5) is 5.82 Å². The maximum absolute atomic E-state index is 11.2. The summed E-state index contributed by atoms with van der Waals surface area (Å²) in [5.41, 5.74) is 2.43. The molecule has 1 aliphatic carbocycles. The van der Waals surface area contributed by atoms with E-state index in [0.717, 1.165) is 18.7 Å². The summed E-state index contributed by atoms with van der Waals surface area (Å²) < 4.78 is 4.67. The van der Waals surface area contributed by atoms with Crippen molar-refractivity contribution < 1.29 is 9.53 Å². The minimum absolute atomic E-state index is 0.188. The lowest BCUT2D eigenvalue weighted by molar-refractivity contribution is -0.140. The molecule has 0 atom stereocenters. The van der Waals surface area contributed by atoms with Gasteiger partial charge in [-0.2, -0.15) is 0 Å². The SMILES string of the molecule is COC(=O)CCN(C)c1ncnc2c1CCCCC2. The van der Waals surface area contributed by atoms with Crippen LogP contribution in [0.5, 0.6) is 0 Å². The Bertz CT molecular complexity index is 448. The fourth-order valence-electron chi connectivity index (χ4n) is 2.48. The van der Waals surface area contributed by atoms with E-state index in [1.807, 2.05) is 11.9 Å². The van der Waals surface area contributed by atoms with Crippen LogP contribution >= 0.6 is 0 Å². The molecule has 1 aromatic rings. The number of ether oxygens (including phenoxy) is 1. The second kappa shape index (κ2) is 6.50. The van der Waals surface area contributed by atoms with Gasteiger partial charge in [0.1, 0.15) is 12.1 Å². The highest BCUT2D eigenvalue weighted by molar-refractivity contribution is 5.70. The fourth-order valence-corrected chi connectivity index (χ4v) is 2.48. The van der Waals surface area contributed by atoms with Crippen LogP contribution in [0.2, 0.25) is 0 Å². The summed E-state index contributed by atoms with van der Waals surface area (Å²) in [7, 11) is 3.38. The van der Waals surface area contributed by atoms with Crippen molar-refractivity contribution in [1.29, 1.82) is 0 Å². The number of fused-ring (bicyclic) bond motifs is 1. The summed E-state index contributed by atoms with van der Waals surface area (Å²) in [6, 6.07) is 0. The Hall–Kier alpha value is -1.65. The third-order valence-corrected chi connectivity index (χ3v) is 3.59. The van der Waals surface area contributed by atoms with Gasteiger partial charge < -0.3 is 9.64 Å². The van der Waals surface area contributed by atoms with Gasteiger partial charge in [0.05, 0.1) is 13.5 Å². The topological polar surface area (TPSA) is 55.3 Å². The molecule has 0 spiro atoms. The Morgan fingerprint density at radius 2 is 2.11 bits per heavy atom. The van der Waals surface area contributed by atoms with Crippen molar-refractivity contribution in [2.45, 2.75) is 38.5 Å². The van der Waals surface area contributed by atoms with Gasteiger partial charge >= 0.3 is 5.97 Å². The largest absolute Gasteiger partial charge is 0.469 e. The second-order valence-corrected chi connectivity index (χ2v) is 4.93. The molecular weight excluding hydrogens is 242 g/mol. The molecule has 0 aliphatic heterocycles. The van der Waals surface area contributed by atoms with Gasteiger partial charge in [-0.05, 0) is 25.7 Å². The number of rotatable bonds is 4. The van der Waals surface area contributed by atoms with E-state index in [-0.39, 0.29) is 5.97 Å². The van der Waals surface area contributed by atoms with E-state index in [2.05, 4.69) is 14.7 Å². The van der Waals surface area contributed by atoms with Crippen LogP contribution in [0.3, 0.4) is 0 Å². The maximum atomic E-state index is 11.2. The zero-order chi connectivity index (χ0) is 13.7. The number of aromatic nitrogens is 2. The third kappa shape index (κ3) is 3.43. The van der Waals surface area contributed by atoms with Crippen LogP contribution in [-0.2, 0) is 22.4 Å². The molecule has 0 fully saturated rings. The van der Waals surface area contributed by atoms with E-state index in [1.54, 1.807) is 6.33 Å². The average molecular weight is 263 g/mol. The van der Waals surface area contributed by atoms with Crippen molar-refractivity contribution in [3.63, 3.8) is 0 Å². The summed E-state index contributed by atoms with van der Waals surface area (Å²) >= 11 is 0. The highest BCUT2D eigenvalue weighted by Gasteiger charge is 2.17. The van der Waals surface area contributed by atoms with Crippen molar-refractivity contribution in [2.24, 2.45) is 0 Å². The monoisotopic (exact) mass is 263 g/mol. The predicted octanol–water partition coefficient (Wildman–Crippen LogP) is 1.74. The molecule has 0 radical (unpaired) electrons. The molecule has 104 valence electrons. The van der Waals surface area contributed by atoms with Crippen molar-refractivity contribution in [3.8, 4) is 0 Å². The van der Waals surface area contributed by atoms with Crippen LogP contribution in [0, 0.1) is 0 Å². The van der Waals surface area contributed by atoms with Gasteiger partial charge in [-0.1, -0.05) is 6.42 Å². The number of carbonyl (C=O) groups is 1. The van der Waals surface area contributed by atoms with Gasteiger partial charge in [-0.25, -0.2) is 9.97 Å². The molecule has 1 aromatic heterocycles. The molecule has 19 heavy (non-hydrogen) atoms. The van der Waals surface area contributed by atoms with Gasteiger partial charge in [0.25, 0.3) is 0 Å². The summed E-state index contributed by atoms with van der Waals surface area (Å²) in [6.45, 7) is 0.621. The first kappa shape index (κ1) is 13.8. The normalized spacial score (nSPS) is 14.4. The Morgan fingerprint density at radius 1 is 1.32 bits per heavy atom. The summed E-state index contributed by atoms with van der Waals surface area (Å²) in [6.07, 6.45) is 7.74. The van der Waals surface area contributed by atoms with Gasteiger partial charge in [0, 0.05) is 24.8 Å². The van der Waals surface area contributed by atoms with Crippen LogP contribution in [-0.4, -0.2) is 36.6 Å². The first-order chi connectivity index (χ1) is 9.22. The zero-order valence-corrected chi connectivity index (χ0v) is 11.7. The number of hydrogen-bond donors (Lipinski definition) is 0. The standard InChI is InChI=1S/C14H21N3O2/c1-17(9-8-13(18)19-2)14-11-6-4-3-5-7-12(11)15-10-16-14/h10H,3-9H2,1-2H3. The molecule has 0 aromatic carbocycles. The van der Waals surface area contributed by atoms with E-state index < -0.39 is 0 Å². The van der Waals surface area contributed by atoms with Gasteiger partial charge in [-0.15, -0.1) is 0 Å². The number of esters is 1. The highest BCUT2D eigenvalue weighted by atomic mass is 16.5. The highest BCUT2D eigenvalue weighted by Crippen LogP contribution is 2.25. The lowest BCUT2D eigenvalue weighted by Gasteiger charge is -2.21. The van der Waals surface area contributed by atoms with Crippen molar-refractivity contribution in [2.75, 3.05) is 25.6 Å². The lowest BCUT2D eigenvalue weighted by atomic mass is 10.1. The lowest BCUT2D eigenvalue weighted by Crippen LogP contribution is -2.24. The molecule has 1 aliphatic rings. The first-order valence-corrected chi connectivity index (χ1v) is 6.83. The van der Waals surface area contributed by atoms with Gasteiger partial charge in [-0.3, -0.25) is 4.79 Å². The molecule has 2 rings (SSSR count). The number of anilines is 1. The van der Waals surface area contributed by atoms with E-state index in [4.69, 9.17) is 0 Å². The Kier molecular flexibility index (Phi) is 4.71. The minimum atomic E-state index is -0.188. The summed E-state index contributed by atoms with van der Waals surface area (Å²) in [5, 5.41) is 0. The van der Waals surface area contributed by atoms with E-state index in [0.29, 0.717) is 13.0 Å². The Morgan fingerprint density at radius 3 is 2.89 bits per heavy atom. The molecule has 0 saturated carbocycles. The van der Waals surface area contributed by atoms with Gasteiger partial charge in [0.2, 0.25) is 0 Å². The molecule has 0 unspecified atom stereocenters. The second-order valence-electron chi connectivity index (χ2n) is 4.93. The van der Waals surface area contributed by atoms with Gasteiger partial charge in [0.15, 0.2) is 0 Å². The van der Waals surface area contributed by atoms with Crippen LogP contribution in [0.15, 0.2) is 6.33 Å². The quantitative estimate of drug-likeness (QED) is 0.612. The van der Waals surface area contributed by atoms with Crippen molar-refractivity contribution in [1.82, 2.24) is 9.97 Å². The smallest absolute Gasteiger partial charge is 0.307 e. The maximum Gasteiger partial charge on any atom is 0.307 e. The first-order valence-electron chi connectivity index (χ1n) is 6.83. The zero-order valence-electron chi connectivity index (χ0n) is 11.7. The fraction of sp³-hybridized carbons (Fsp3) is 0.643. The molecule has 0 saturated heterocycles. The van der Waals surface area contributed by atoms with Crippen LogP contribution in [0.1, 0.15) is 36.9 Å². The number of methoxy groups -OCH3 is 1. The predicted molar refractivity (Wildman–Crippen MR) is 73.2 cm³/mol. The van der Waals surface area contributed by atoms with E-state index in [1.165, 1.54) is 37.6 Å². The number of aryl methyl sites for hydroxylation is 1. The molecule has 0 amide bonds. The molecular formula is C14H21N3O2. The summed E-state index contributed by atoms with van der Waals surface area (Å²) in [5.74, 6) is 0.780. The van der Waals surface area contributed by atoms with Crippen molar-refractivity contribution >= 4 is 11.8 Å². The molecule has 5 heteroatoms. The average Bonchev–Trinajstić information content (AvgIpc) is 2.69. The molecule has 0 N–H and O–H groups in total. The Labute approximate surface area is 114 Å². The molecule has 5 nitrogen and oxygen atoms in total. The minimum Gasteiger partial charge on any atom is -0.469 e. The molecule has 0 bridgehead atoms. The third-order valence-electron chi connectivity index (χ3n) is 3.59.